The third kappa shape index (κ3) is 2.59. The normalized spacial score (nSPS) is 13.6. The second-order valence-electron chi connectivity index (χ2n) is 4.79. The largest absolute Gasteiger partial charge is 0.493 e. The van der Waals surface area contributed by atoms with Crippen LogP contribution < -0.4 is 4.74 Å². The van der Waals surface area contributed by atoms with Crippen molar-refractivity contribution >= 4 is 34.5 Å². The molecule has 0 fully saturated rings. The Hall–Kier alpha value is -1.36. The summed E-state index contributed by atoms with van der Waals surface area (Å²) in [5, 5.41) is 0. The highest BCUT2D eigenvalue weighted by atomic mass is 127. The van der Waals surface area contributed by atoms with E-state index in [2.05, 4.69) is 75.8 Å². The number of para-hydroxylation sites is 1. The number of fused-ring (bicyclic) bond motifs is 1. The fourth-order valence-corrected chi connectivity index (χ4v) is 3.27. The molecule has 102 valence electrons. The Kier molecular flexibility index (Phi) is 4.05. The monoisotopic (exact) mass is 378 g/mol. The van der Waals surface area contributed by atoms with Crippen molar-refractivity contribution in [3.8, 4) is 5.75 Å². The van der Waals surface area contributed by atoms with Crippen LogP contribution in [0.15, 0.2) is 42.5 Å². The lowest BCUT2D eigenvalue weighted by Gasteiger charge is -2.15. The third-order valence-electron chi connectivity index (χ3n) is 3.53. The Bertz CT molecular complexity index is 664. The summed E-state index contributed by atoms with van der Waals surface area (Å²) in [6.07, 6.45) is 3.28. The first-order chi connectivity index (χ1) is 9.79. The summed E-state index contributed by atoms with van der Waals surface area (Å²) in [5.74, 6) is 0.987. The fraction of sp³-hybridized carbons (Fsp3) is 0.235. The van der Waals surface area contributed by atoms with Gasteiger partial charge < -0.3 is 4.74 Å². The molecule has 0 saturated heterocycles. The molecule has 0 bridgehead atoms. The Labute approximate surface area is 133 Å². The SMILES string of the molecule is CCOc1cccc2c1C=[N+](c1ccccc1I)CC2. The van der Waals surface area contributed by atoms with Crippen LogP contribution in [0.5, 0.6) is 5.75 Å². The van der Waals surface area contributed by atoms with Gasteiger partial charge in [0, 0.05) is 12.5 Å². The summed E-state index contributed by atoms with van der Waals surface area (Å²) in [7, 11) is 0. The van der Waals surface area contributed by atoms with Crippen molar-refractivity contribution in [1.29, 1.82) is 0 Å². The summed E-state index contributed by atoms with van der Waals surface area (Å²) in [6.45, 7) is 3.75. The average Bonchev–Trinajstić information content (AvgIpc) is 2.48. The van der Waals surface area contributed by atoms with Gasteiger partial charge in [-0.05, 0) is 47.2 Å². The van der Waals surface area contributed by atoms with E-state index in [1.165, 1.54) is 20.4 Å². The van der Waals surface area contributed by atoms with Crippen LogP contribution in [0.1, 0.15) is 18.1 Å². The first kappa shape index (κ1) is 13.6. The summed E-state index contributed by atoms with van der Waals surface area (Å²) in [5.41, 5.74) is 3.86. The molecule has 0 aliphatic carbocycles. The lowest BCUT2D eigenvalue weighted by atomic mass is 10.0. The first-order valence-corrected chi connectivity index (χ1v) is 7.98. The topological polar surface area (TPSA) is 12.2 Å². The molecule has 0 radical (unpaired) electrons. The van der Waals surface area contributed by atoms with Gasteiger partial charge in [-0.2, -0.15) is 4.58 Å². The van der Waals surface area contributed by atoms with Crippen molar-refractivity contribution in [2.75, 3.05) is 13.2 Å². The molecule has 2 aromatic rings. The summed E-state index contributed by atoms with van der Waals surface area (Å²) in [4.78, 5) is 0. The van der Waals surface area contributed by atoms with E-state index in [-0.39, 0.29) is 0 Å². The molecule has 0 unspecified atom stereocenters. The maximum atomic E-state index is 5.76. The third-order valence-corrected chi connectivity index (χ3v) is 4.44. The van der Waals surface area contributed by atoms with Crippen molar-refractivity contribution in [3.05, 3.63) is 57.2 Å². The predicted octanol–water partition coefficient (Wildman–Crippen LogP) is 4.01. The van der Waals surface area contributed by atoms with Gasteiger partial charge in [0.15, 0.2) is 12.8 Å². The minimum Gasteiger partial charge on any atom is -0.493 e. The van der Waals surface area contributed by atoms with Crippen LogP contribution in [0.3, 0.4) is 0 Å². The molecule has 2 nitrogen and oxygen atoms in total. The molecular formula is C17H17INO+. The van der Waals surface area contributed by atoms with Crippen molar-refractivity contribution in [2.45, 2.75) is 13.3 Å². The van der Waals surface area contributed by atoms with Crippen molar-refractivity contribution in [3.63, 3.8) is 0 Å². The molecule has 1 aliphatic heterocycles. The molecule has 20 heavy (non-hydrogen) atoms. The van der Waals surface area contributed by atoms with E-state index >= 15 is 0 Å². The zero-order valence-corrected chi connectivity index (χ0v) is 13.6. The van der Waals surface area contributed by atoms with Crippen molar-refractivity contribution in [2.24, 2.45) is 0 Å². The highest BCUT2D eigenvalue weighted by Crippen LogP contribution is 2.27. The maximum absolute atomic E-state index is 5.76. The van der Waals surface area contributed by atoms with Crippen molar-refractivity contribution in [1.82, 2.24) is 0 Å². The number of hydrogen-bond acceptors (Lipinski definition) is 1. The Morgan fingerprint density at radius 1 is 1.15 bits per heavy atom. The lowest BCUT2D eigenvalue weighted by molar-refractivity contribution is -0.437. The Morgan fingerprint density at radius 3 is 2.80 bits per heavy atom. The molecule has 0 spiro atoms. The predicted molar refractivity (Wildman–Crippen MR) is 90.4 cm³/mol. The molecule has 2 aromatic carbocycles. The van der Waals surface area contributed by atoms with Gasteiger partial charge >= 0.3 is 0 Å². The maximum Gasteiger partial charge on any atom is 0.218 e. The molecular weight excluding hydrogens is 361 g/mol. The zero-order valence-electron chi connectivity index (χ0n) is 11.5. The minimum absolute atomic E-state index is 0.702. The van der Waals surface area contributed by atoms with E-state index in [0.29, 0.717) is 6.61 Å². The van der Waals surface area contributed by atoms with Crippen LogP contribution in [0.4, 0.5) is 5.69 Å². The minimum atomic E-state index is 0.702. The highest BCUT2D eigenvalue weighted by molar-refractivity contribution is 14.1. The molecule has 1 heterocycles. The fourth-order valence-electron chi connectivity index (χ4n) is 2.57. The molecule has 0 aromatic heterocycles. The quantitative estimate of drug-likeness (QED) is 0.581. The van der Waals surface area contributed by atoms with Crippen LogP contribution in [-0.4, -0.2) is 23.9 Å². The van der Waals surface area contributed by atoms with Crippen LogP contribution in [0.25, 0.3) is 0 Å². The molecule has 0 N–H and O–H groups in total. The van der Waals surface area contributed by atoms with Crippen LogP contribution in [0.2, 0.25) is 0 Å². The number of benzene rings is 2. The summed E-state index contributed by atoms with van der Waals surface area (Å²) >= 11 is 2.39. The van der Waals surface area contributed by atoms with Gasteiger partial charge in [0.2, 0.25) is 5.69 Å². The molecule has 0 atom stereocenters. The van der Waals surface area contributed by atoms with Gasteiger partial charge in [0.25, 0.3) is 0 Å². The molecule has 0 saturated carbocycles. The summed E-state index contributed by atoms with van der Waals surface area (Å²) < 4.78 is 9.36. The van der Waals surface area contributed by atoms with E-state index in [1.54, 1.807) is 0 Å². The molecule has 3 rings (SSSR count). The number of hydrogen-bond donors (Lipinski definition) is 0. The van der Waals surface area contributed by atoms with E-state index in [0.717, 1.165) is 18.7 Å². The van der Waals surface area contributed by atoms with E-state index in [4.69, 9.17) is 4.74 Å². The zero-order chi connectivity index (χ0) is 13.9. The van der Waals surface area contributed by atoms with E-state index in [1.807, 2.05) is 6.92 Å². The smallest absolute Gasteiger partial charge is 0.218 e. The highest BCUT2D eigenvalue weighted by Gasteiger charge is 2.22. The van der Waals surface area contributed by atoms with Gasteiger partial charge in [-0.1, -0.05) is 24.3 Å². The number of rotatable bonds is 3. The number of nitrogens with zero attached hydrogens (tertiary/aromatic N) is 1. The lowest BCUT2D eigenvalue weighted by Crippen LogP contribution is -2.20. The Balaban J connectivity index is 2.07. The van der Waals surface area contributed by atoms with Gasteiger partial charge in [-0.15, -0.1) is 0 Å². The van der Waals surface area contributed by atoms with Crippen LogP contribution in [0, 0.1) is 3.57 Å². The molecule has 0 amide bonds. The van der Waals surface area contributed by atoms with E-state index in [9.17, 15) is 0 Å². The summed E-state index contributed by atoms with van der Waals surface area (Å²) in [6, 6.07) is 14.8. The van der Waals surface area contributed by atoms with Crippen molar-refractivity contribution < 1.29 is 9.31 Å². The van der Waals surface area contributed by atoms with Crippen LogP contribution in [-0.2, 0) is 6.42 Å². The van der Waals surface area contributed by atoms with Gasteiger partial charge in [-0.3, -0.25) is 0 Å². The van der Waals surface area contributed by atoms with E-state index < -0.39 is 0 Å². The number of halogens is 1. The second-order valence-corrected chi connectivity index (χ2v) is 5.95. The average molecular weight is 378 g/mol. The van der Waals surface area contributed by atoms with Crippen LogP contribution >= 0.6 is 22.6 Å². The standard InChI is InChI=1S/C17H17INO/c1-2-20-17-9-5-6-13-10-11-19(12-14(13)17)16-8-4-3-7-15(16)18/h3-9,12H,2,10-11H2,1H3/q+1. The molecule has 1 aliphatic rings. The van der Waals surface area contributed by atoms with Gasteiger partial charge in [0.05, 0.1) is 15.7 Å². The van der Waals surface area contributed by atoms with Gasteiger partial charge in [0.1, 0.15) is 5.75 Å². The second kappa shape index (κ2) is 5.95. The first-order valence-electron chi connectivity index (χ1n) is 6.90. The van der Waals surface area contributed by atoms with Gasteiger partial charge in [-0.25, -0.2) is 0 Å². The molecule has 3 heteroatoms. The Morgan fingerprint density at radius 2 is 2.00 bits per heavy atom. The number of ether oxygens (including phenoxy) is 1.